The quantitative estimate of drug-likeness (QED) is 0.261. The molecule has 1 rings (SSSR count). The smallest absolute Gasteiger partial charge is 0.327 e. The lowest BCUT2D eigenvalue weighted by atomic mass is 9.88. The summed E-state index contributed by atoms with van der Waals surface area (Å²) in [5.74, 6) is -1.25. The topological polar surface area (TPSA) is 124 Å². The molecule has 0 amide bonds. The second-order valence-corrected chi connectivity index (χ2v) is 6.24. The molecule has 0 heterocycles. The van der Waals surface area contributed by atoms with E-state index < -0.39 is 15.8 Å². The van der Waals surface area contributed by atoms with Gasteiger partial charge in [-0.15, -0.1) is 0 Å². The first-order valence-electron chi connectivity index (χ1n) is 8.63. The second kappa shape index (κ2) is 10.3. The third-order valence-electron chi connectivity index (χ3n) is 4.26. The first kappa shape index (κ1) is 21.3. The molecule has 0 aliphatic heterocycles. The number of nitrogens with zero attached hydrogens (tertiary/aromatic N) is 2. The fourth-order valence-electron chi connectivity index (χ4n) is 2.90. The lowest BCUT2D eigenvalue weighted by Crippen LogP contribution is -2.06. The van der Waals surface area contributed by atoms with Crippen LogP contribution >= 0.6 is 0 Å². The molecule has 0 aromatic heterocycles. The highest BCUT2D eigenvalue weighted by molar-refractivity contribution is 5.79. The standard InChI is InChI=1S/C18H24N2O6/c1-3-4-5-6-8-13(2)16-11-14(19(23)24)12-17(20(25)26)15(16)9-7-10-18(21)22/h7,10-13H,3-6,8-9H2,1-2H3,(H,21,22)/b10-7+/t13-/m0/s1. The number of carboxylic acids is 1. The maximum absolute atomic E-state index is 11.4. The molecule has 1 aromatic rings. The minimum Gasteiger partial charge on any atom is -0.478 e. The molecule has 0 saturated carbocycles. The van der Waals surface area contributed by atoms with Crippen LogP contribution in [-0.4, -0.2) is 20.9 Å². The minimum atomic E-state index is -1.15. The van der Waals surface area contributed by atoms with Gasteiger partial charge in [-0.3, -0.25) is 20.2 Å². The highest BCUT2D eigenvalue weighted by atomic mass is 16.6. The SMILES string of the molecule is CCCCCC[C@H](C)c1cc([N+](=O)[O-])cc([N+](=O)[O-])c1C/C=C/C(=O)O. The van der Waals surface area contributed by atoms with Crippen LogP contribution in [0.2, 0.25) is 0 Å². The molecule has 0 spiro atoms. The lowest BCUT2D eigenvalue weighted by molar-refractivity contribution is -0.394. The van der Waals surface area contributed by atoms with E-state index in [1.165, 1.54) is 12.1 Å². The van der Waals surface area contributed by atoms with Crippen LogP contribution in [0.1, 0.15) is 63.0 Å². The van der Waals surface area contributed by atoms with Gasteiger partial charge in [0.15, 0.2) is 0 Å². The van der Waals surface area contributed by atoms with Crippen molar-refractivity contribution in [1.29, 1.82) is 0 Å². The van der Waals surface area contributed by atoms with E-state index in [9.17, 15) is 25.0 Å². The fraction of sp³-hybridized carbons (Fsp3) is 0.500. The largest absolute Gasteiger partial charge is 0.478 e. The van der Waals surface area contributed by atoms with Crippen LogP contribution in [-0.2, 0) is 11.2 Å². The van der Waals surface area contributed by atoms with Crippen molar-refractivity contribution >= 4 is 17.3 Å². The van der Waals surface area contributed by atoms with Crippen LogP contribution in [0.4, 0.5) is 11.4 Å². The van der Waals surface area contributed by atoms with Crippen molar-refractivity contribution in [3.8, 4) is 0 Å². The third-order valence-corrected chi connectivity index (χ3v) is 4.26. The Morgan fingerprint density at radius 2 is 1.88 bits per heavy atom. The summed E-state index contributed by atoms with van der Waals surface area (Å²) in [7, 11) is 0. The summed E-state index contributed by atoms with van der Waals surface area (Å²) in [5, 5.41) is 31.3. The molecule has 1 N–H and O–H groups in total. The molecule has 142 valence electrons. The Morgan fingerprint density at radius 1 is 1.19 bits per heavy atom. The minimum absolute atomic E-state index is 0.0369. The zero-order chi connectivity index (χ0) is 19.7. The molecule has 1 atom stereocenters. The van der Waals surface area contributed by atoms with Crippen molar-refractivity contribution in [2.45, 2.75) is 58.3 Å². The highest BCUT2D eigenvalue weighted by Crippen LogP contribution is 2.35. The molecule has 26 heavy (non-hydrogen) atoms. The monoisotopic (exact) mass is 364 g/mol. The Hall–Kier alpha value is -2.77. The fourth-order valence-corrected chi connectivity index (χ4v) is 2.90. The maximum Gasteiger partial charge on any atom is 0.327 e. The highest BCUT2D eigenvalue weighted by Gasteiger charge is 2.25. The number of nitro benzene ring substituents is 2. The average molecular weight is 364 g/mol. The summed E-state index contributed by atoms with van der Waals surface area (Å²) < 4.78 is 0. The molecule has 0 aliphatic rings. The van der Waals surface area contributed by atoms with Crippen LogP contribution in [0.25, 0.3) is 0 Å². The second-order valence-electron chi connectivity index (χ2n) is 6.24. The number of hydrogen-bond donors (Lipinski definition) is 1. The van der Waals surface area contributed by atoms with Gasteiger partial charge in [0.25, 0.3) is 11.4 Å². The molecule has 0 aliphatic carbocycles. The number of unbranched alkanes of at least 4 members (excludes halogenated alkanes) is 3. The summed E-state index contributed by atoms with van der Waals surface area (Å²) in [4.78, 5) is 31.9. The van der Waals surface area contributed by atoms with Crippen LogP contribution in [0.3, 0.4) is 0 Å². The molecular weight excluding hydrogens is 340 g/mol. The number of nitro groups is 2. The molecule has 8 nitrogen and oxygen atoms in total. The number of allylic oxidation sites excluding steroid dienone is 1. The van der Waals surface area contributed by atoms with Crippen molar-refractivity contribution in [3.05, 3.63) is 55.6 Å². The number of non-ortho nitro benzene ring substituents is 1. The molecular formula is C18H24N2O6. The van der Waals surface area contributed by atoms with Crippen molar-refractivity contribution < 1.29 is 19.7 Å². The number of rotatable bonds is 11. The Balaban J connectivity index is 3.29. The first-order valence-corrected chi connectivity index (χ1v) is 8.63. The van der Waals surface area contributed by atoms with Crippen LogP contribution in [0.5, 0.6) is 0 Å². The van der Waals surface area contributed by atoms with Crippen molar-refractivity contribution in [3.63, 3.8) is 0 Å². The molecule has 1 aromatic carbocycles. The van der Waals surface area contributed by atoms with Gasteiger partial charge in [0.2, 0.25) is 0 Å². The van der Waals surface area contributed by atoms with Crippen molar-refractivity contribution in [1.82, 2.24) is 0 Å². The summed E-state index contributed by atoms with van der Waals surface area (Å²) in [5.41, 5.74) is 0.209. The summed E-state index contributed by atoms with van der Waals surface area (Å²) in [6, 6.07) is 2.32. The predicted molar refractivity (Wildman–Crippen MR) is 97.4 cm³/mol. The normalized spacial score (nSPS) is 12.2. The van der Waals surface area contributed by atoms with Gasteiger partial charge in [-0.1, -0.05) is 45.6 Å². The lowest BCUT2D eigenvalue weighted by Gasteiger charge is -2.16. The Morgan fingerprint density at radius 3 is 2.42 bits per heavy atom. The van der Waals surface area contributed by atoms with Gasteiger partial charge in [0.05, 0.1) is 15.9 Å². The van der Waals surface area contributed by atoms with E-state index in [1.807, 2.05) is 6.92 Å². The van der Waals surface area contributed by atoms with Gasteiger partial charge < -0.3 is 5.11 Å². The zero-order valence-electron chi connectivity index (χ0n) is 15.0. The Bertz CT molecular complexity index is 699. The van der Waals surface area contributed by atoms with E-state index in [0.29, 0.717) is 11.1 Å². The molecule has 0 bridgehead atoms. The molecule has 0 unspecified atom stereocenters. The van der Waals surface area contributed by atoms with E-state index in [0.717, 1.165) is 44.2 Å². The first-order chi connectivity index (χ1) is 12.3. The van der Waals surface area contributed by atoms with Gasteiger partial charge in [0.1, 0.15) is 0 Å². The van der Waals surface area contributed by atoms with Gasteiger partial charge in [0, 0.05) is 17.7 Å². The van der Waals surface area contributed by atoms with Crippen molar-refractivity contribution in [2.75, 3.05) is 0 Å². The zero-order valence-corrected chi connectivity index (χ0v) is 15.0. The average Bonchev–Trinajstić information content (AvgIpc) is 2.57. The summed E-state index contributed by atoms with van der Waals surface area (Å²) >= 11 is 0. The Kier molecular flexibility index (Phi) is 8.41. The number of hydrogen-bond acceptors (Lipinski definition) is 5. The summed E-state index contributed by atoms with van der Waals surface area (Å²) in [6.07, 6.45) is 7.17. The van der Waals surface area contributed by atoms with E-state index in [1.54, 1.807) is 0 Å². The number of carbonyl (C=O) groups is 1. The van der Waals surface area contributed by atoms with Gasteiger partial charge in [-0.25, -0.2) is 4.79 Å². The molecule has 0 saturated heterocycles. The van der Waals surface area contributed by atoms with E-state index in [-0.39, 0.29) is 23.7 Å². The number of aliphatic carboxylic acids is 1. The van der Waals surface area contributed by atoms with E-state index in [4.69, 9.17) is 5.11 Å². The van der Waals surface area contributed by atoms with E-state index >= 15 is 0 Å². The maximum atomic E-state index is 11.4. The van der Waals surface area contributed by atoms with Crippen LogP contribution < -0.4 is 0 Å². The van der Waals surface area contributed by atoms with Gasteiger partial charge in [-0.05, 0) is 24.3 Å². The van der Waals surface area contributed by atoms with E-state index in [2.05, 4.69) is 6.92 Å². The number of carboxylic acid groups (broad SMARTS) is 1. The number of benzene rings is 1. The van der Waals surface area contributed by atoms with Gasteiger partial charge >= 0.3 is 5.97 Å². The predicted octanol–water partition coefficient (Wildman–Crippen LogP) is 4.76. The van der Waals surface area contributed by atoms with Gasteiger partial charge in [-0.2, -0.15) is 0 Å². The third kappa shape index (κ3) is 6.27. The molecule has 0 fully saturated rings. The van der Waals surface area contributed by atoms with Crippen molar-refractivity contribution in [2.24, 2.45) is 0 Å². The molecule has 0 radical (unpaired) electrons. The Labute approximate surface area is 151 Å². The summed E-state index contributed by atoms with van der Waals surface area (Å²) in [6.45, 7) is 3.99. The molecule has 8 heteroatoms. The van der Waals surface area contributed by atoms with Crippen LogP contribution in [0, 0.1) is 20.2 Å². The van der Waals surface area contributed by atoms with Crippen LogP contribution in [0.15, 0.2) is 24.3 Å².